The lowest BCUT2D eigenvalue weighted by molar-refractivity contribution is 0.139. The Morgan fingerprint density at radius 3 is 2.42 bits per heavy atom. The van der Waals surface area contributed by atoms with Gasteiger partial charge in [-0.25, -0.2) is 0 Å². The number of likely N-dealkylation sites (N-methyl/N-ethyl adjacent to an activating group) is 2. The van der Waals surface area contributed by atoms with Crippen LogP contribution < -0.4 is 5.32 Å². The molecule has 0 atom stereocenters. The second-order valence-corrected chi connectivity index (χ2v) is 6.43. The topological polar surface area (TPSA) is 21.8 Å². The quantitative estimate of drug-likeness (QED) is 0.760. The molecule has 0 aromatic carbocycles. The maximum Gasteiger partial charge on any atom is 0.0110 e. The number of hydrogen-bond acceptors (Lipinski definition) is 4. The first-order valence-electron chi connectivity index (χ1n) is 8.04. The minimum absolute atomic E-state index is 0.965. The Kier molecular flexibility index (Phi) is 6.57. The van der Waals surface area contributed by atoms with Gasteiger partial charge in [0.2, 0.25) is 0 Å². The van der Waals surface area contributed by atoms with Crippen LogP contribution in [-0.2, 0) is 0 Å². The van der Waals surface area contributed by atoms with E-state index < -0.39 is 0 Å². The van der Waals surface area contributed by atoms with Gasteiger partial charge in [-0.05, 0) is 58.9 Å². The monoisotopic (exact) mass is 268 g/mol. The Morgan fingerprint density at radius 1 is 1.05 bits per heavy atom. The molecule has 0 aromatic heterocycles. The van der Waals surface area contributed by atoms with Crippen LogP contribution in [0.5, 0.6) is 0 Å². The summed E-state index contributed by atoms with van der Waals surface area (Å²) in [5, 5.41) is 3.45. The van der Waals surface area contributed by atoms with Crippen molar-refractivity contribution in [1.29, 1.82) is 0 Å². The molecule has 2 aliphatic heterocycles. The predicted molar refractivity (Wildman–Crippen MR) is 81.6 cm³/mol. The minimum Gasteiger partial charge on any atom is -0.317 e. The van der Waals surface area contributed by atoms with E-state index in [0.29, 0.717) is 0 Å². The van der Waals surface area contributed by atoms with Crippen molar-refractivity contribution in [3.05, 3.63) is 0 Å². The van der Waals surface area contributed by atoms with Crippen molar-refractivity contribution in [3.8, 4) is 0 Å². The molecule has 19 heavy (non-hydrogen) atoms. The summed E-state index contributed by atoms with van der Waals surface area (Å²) >= 11 is 0. The second kappa shape index (κ2) is 8.20. The molecule has 1 N–H and O–H groups in total. The van der Waals surface area contributed by atoms with Gasteiger partial charge in [0.25, 0.3) is 0 Å². The van der Waals surface area contributed by atoms with Gasteiger partial charge in [-0.15, -0.1) is 0 Å². The van der Waals surface area contributed by atoms with Crippen molar-refractivity contribution in [3.63, 3.8) is 0 Å². The van der Waals surface area contributed by atoms with Crippen molar-refractivity contribution in [2.24, 2.45) is 5.92 Å². The maximum absolute atomic E-state index is 3.45. The molecule has 0 bridgehead atoms. The minimum atomic E-state index is 0.965. The fourth-order valence-corrected chi connectivity index (χ4v) is 3.07. The normalized spacial score (nSPS) is 24.2. The summed E-state index contributed by atoms with van der Waals surface area (Å²) in [4.78, 5) is 7.57. The van der Waals surface area contributed by atoms with Gasteiger partial charge < -0.3 is 15.1 Å². The van der Waals surface area contributed by atoms with Crippen molar-refractivity contribution in [1.82, 2.24) is 20.0 Å². The molecule has 0 spiro atoms. The van der Waals surface area contributed by atoms with E-state index in [-0.39, 0.29) is 0 Å². The highest BCUT2D eigenvalue weighted by atomic mass is 15.3. The second-order valence-electron chi connectivity index (χ2n) is 6.43. The Labute approximate surface area is 119 Å². The maximum atomic E-state index is 3.45. The fourth-order valence-electron chi connectivity index (χ4n) is 3.07. The first-order chi connectivity index (χ1) is 9.24. The summed E-state index contributed by atoms with van der Waals surface area (Å²) in [5.74, 6) is 0.965. The van der Waals surface area contributed by atoms with Gasteiger partial charge in [-0.2, -0.15) is 0 Å². The van der Waals surface area contributed by atoms with Crippen LogP contribution in [0.25, 0.3) is 0 Å². The predicted octanol–water partition coefficient (Wildman–Crippen LogP) is 0.555. The SMILES string of the molecule is CN(CCC1CCNCC1)CCN1CCN(C)CC1. The zero-order valence-electron chi connectivity index (χ0n) is 12.9. The molecule has 0 unspecified atom stereocenters. The highest BCUT2D eigenvalue weighted by Crippen LogP contribution is 2.15. The van der Waals surface area contributed by atoms with E-state index >= 15 is 0 Å². The average molecular weight is 268 g/mol. The molecule has 0 radical (unpaired) electrons. The first kappa shape index (κ1) is 15.2. The zero-order chi connectivity index (χ0) is 13.5. The smallest absolute Gasteiger partial charge is 0.0110 e. The summed E-state index contributed by atoms with van der Waals surface area (Å²) in [6.45, 7) is 11.2. The van der Waals surface area contributed by atoms with Crippen LogP contribution in [0.4, 0.5) is 0 Å². The Hall–Kier alpha value is -0.160. The van der Waals surface area contributed by atoms with Crippen molar-refractivity contribution >= 4 is 0 Å². The van der Waals surface area contributed by atoms with Gasteiger partial charge in [0.1, 0.15) is 0 Å². The van der Waals surface area contributed by atoms with Gasteiger partial charge in [0.15, 0.2) is 0 Å². The van der Waals surface area contributed by atoms with E-state index in [4.69, 9.17) is 0 Å². The van der Waals surface area contributed by atoms with Crippen LogP contribution in [0.1, 0.15) is 19.3 Å². The van der Waals surface area contributed by atoms with E-state index in [1.54, 1.807) is 0 Å². The molecule has 2 saturated heterocycles. The number of rotatable bonds is 6. The van der Waals surface area contributed by atoms with Crippen LogP contribution in [0, 0.1) is 5.92 Å². The molecule has 0 amide bonds. The number of piperidine rings is 1. The molecular weight excluding hydrogens is 236 g/mol. The Bertz CT molecular complexity index is 232. The molecule has 0 aromatic rings. The van der Waals surface area contributed by atoms with Crippen molar-refractivity contribution < 1.29 is 0 Å². The lowest BCUT2D eigenvalue weighted by Crippen LogP contribution is -2.46. The van der Waals surface area contributed by atoms with Crippen LogP contribution in [-0.4, -0.2) is 87.7 Å². The number of hydrogen-bond donors (Lipinski definition) is 1. The van der Waals surface area contributed by atoms with E-state index in [0.717, 1.165) is 5.92 Å². The van der Waals surface area contributed by atoms with Crippen LogP contribution in [0.3, 0.4) is 0 Å². The number of nitrogens with zero attached hydrogens (tertiary/aromatic N) is 3. The average Bonchev–Trinajstić information content (AvgIpc) is 2.45. The largest absolute Gasteiger partial charge is 0.317 e. The van der Waals surface area contributed by atoms with Gasteiger partial charge >= 0.3 is 0 Å². The third kappa shape index (κ3) is 5.78. The number of nitrogens with one attached hydrogen (secondary N) is 1. The van der Waals surface area contributed by atoms with E-state index in [9.17, 15) is 0 Å². The molecule has 4 nitrogen and oxygen atoms in total. The molecule has 0 saturated carbocycles. The molecule has 2 heterocycles. The van der Waals surface area contributed by atoms with Crippen LogP contribution in [0.15, 0.2) is 0 Å². The molecule has 2 fully saturated rings. The summed E-state index contributed by atoms with van der Waals surface area (Å²) < 4.78 is 0. The van der Waals surface area contributed by atoms with Crippen molar-refractivity contribution in [2.45, 2.75) is 19.3 Å². The third-order valence-corrected chi connectivity index (χ3v) is 4.77. The zero-order valence-corrected chi connectivity index (χ0v) is 12.9. The Morgan fingerprint density at radius 2 is 1.74 bits per heavy atom. The molecule has 4 heteroatoms. The summed E-state index contributed by atoms with van der Waals surface area (Å²) in [5.41, 5.74) is 0. The number of piperazine rings is 1. The molecular formula is C15H32N4. The molecule has 2 rings (SSSR count). The van der Waals surface area contributed by atoms with E-state index in [2.05, 4.69) is 34.1 Å². The third-order valence-electron chi connectivity index (χ3n) is 4.77. The first-order valence-corrected chi connectivity index (χ1v) is 8.04. The fraction of sp³-hybridized carbons (Fsp3) is 1.00. The van der Waals surface area contributed by atoms with E-state index in [1.807, 2.05) is 0 Å². The lowest BCUT2D eigenvalue weighted by Gasteiger charge is -2.33. The highest BCUT2D eigenvalue weighted by molar-refractivity contribution is 4.72. The molecule has 0 aliphatic carbocycles. The van der Waals surface area contributed by atoms with Gasteiger partial charge in [0.05, 0.1) is 0 Å². The lowest BCUT2D eigenvalue weighted by atomic mass is 9.94. The van der Waals surface area contributed by atoms with Gasteiger partial charge in [-0.3, -0.25) is 4.90 Å². The van der Waals surface area contributed by atoms with Crippen molar-refractivity contribution in [2.75, 3.05) is 73.0 Å². The van der Waals surface area contributed by atoms with Gasteiger partial charge in [-0.1, -0.05) is 0 Å². The standard InChI is InChI=1S/C15H32N4/c1-17(8-5-15-3-6-16-7-4-15)9-12-19-13-10-18(2)11-14-19/h15-16H,3-14H2,1-2H3. The van der Waals surface area contributed by atoms with Crippen LogP contribution in [0.2, 0.25) is 0 Å². The highest BCUT2D eigenvalue weighted by Gasteiger charge is 2.15. The summed E-state index contributed by atoms with van der Waals surface area (Å²) in [6, 6.07) is 0. The Balaban J connectivity index is 1.52. The van der Waals surface area contributed by atoms with Crippen LogP contribution >= 0.6 is 0 Å². The van der Waals surface area contributed by atoms with E-state index in [1.165, 1.54) is 78.2 Å². The summed E-state index contributed by atoms with van der Waals surface area (Å²) in [7, 11) is 4.51. The van der Waals surface area contributed by atoms with Gasteiger partial charge in [0, 0.05) is 39.3 Å². The summed E-state index contributed by atoms with van der Waals surface area (Å²) in [6.07, 6.45) is 4.15. The molecule has 2 aliphatic rings. The molecule has 112 valence electrons.